The largest absolute Gasteiger partial charge is 0.496 e. The zero-order valence-electron chi connectivity index (χ0n) is 14.2. The Labute approximate surface area is 129 Å². The van der Waals surface area contributed by atoms with Crippen LogP contribution in [0.5, 0.6) is 11.5 Å². The van der Waals surface area contributed by atoms with Crippen LogP contribution in [0.2, 0.25) is 0 Å². The van der Waals surface area contributed by atoms with Gasteiger partial charge in [-0.05, 0) is 56.3 Å². The summed E-state index contributed by atoms with van der Waals surface area (Å²) in [6.07, 6.45) is 3.63. The van der Waals surface area contributed by atoms with Gasteiger partial charge in [0, 0.05) is 12.1 Å². The second-order valence-electron chi connectivity index (χ2n) is 6.84. The van der Waals surface area contributed by atoms with Gasteiger partial charge in [-0.2, -0.15) is 0 Å². The van der Waals surface area contributed by atoms with E-state index in [9.17, 15) is 0 Å². The van der Waals surface area contributed by atoms with Crippen LogP contribution >= 0.6 is 0 Å². The van der Waals surface area contributed by atoms with Gasteiger partial charge >= 0.3 is 0 Å². The normalized spacial score (nSPS) is 18.5. The van der Waals surface area contributed by atoms with Crippen LogP contribution in [0.3, 0.4) is 0 Å². The van der Waals surface area contributed by atoms with Crippen LogP contribution in [0.25, 0.3) is 0 Å². The van der Waals surface area contributed by atoms with Gasteiger partial charge in [-0.3, -0.25) is 0 Å². The highest BCUT2D eigenvalue weighted by Crippen LogP contribution is 2.33. The van der Waals surface area contributed by atoms with E-state index in [4.69, 9.17) is 9.47 Å². The highest BCUT2D eigenvalue weighted by molar-refractivity contribution is 5.49. The SMILES string of the molecule is COc1ccc(CCN2CCC(C)(C)CC2)c(OC)c1C. The van der Waals surface area contributed by atoms with Crippen molar-refractivity contribution in [1.82, 2.24) is 4.90 Å². The molecular formula is C18H29NO2. The fraction of sp³-hybridized carbons (Fsp3) is 0.667. The number of hydrogen-bond donors (Lipinski definition) is 0. The van der Waals surface area contributed by atoms with Crippen LogP contribution in [-0.2, 0) is 6.42 Å². The van der Waals surface area contributed by atoms with Crippen molar-refractivity contribution in [3.8, 4) is 11.5 Å². The first-order valence-corrected chi connectivity index (χ1v) is 7.89. The third kappa shape index (κ3) is 3.91. The second-order valence-corrected chi connectivity index (χ2v) is 6.84. The summed E-state index contributed by atoms with van der Waals surface area (Å²) in [6, 6.07) is 4.19. The molecule has 0 radical (unpaired) electrons. The maximum atomic E-state index is 5.59. The predicted molar refractivity (Wildman–Crippen MR) is 87.4 cm³/mol. The summed E-state index contributed by atoms with van der Waals surface area (Å²) in [4.78, 5) is 2.57. The van der Waals surface area contributed by atoms with Crippen molar-refractivity contribution >= 4 is 0 Å². The molecule has 3 heteroatoms. The molecule has 1 aromatic rings. The Bertz CT molecular complexity index is 472. The second kappa shape index (κ2) is 6.69. The minimum Gasteiger partial charge on any atom is -0.496 e. The highest BCUT2D eigenvalue weighted by atomic mass is 16.5. The number of rotatable bonds is 5. The lowest BCUT2D eigenvalue weighted by molar-refractivity contribution is 0.134. The summed E-state index contributed by atoms with van der Waals surface area (Å²) in [5, 5.41) is 0. The molecule has 0 aromatic heterocycles. The molecule has 118 valence electrons. The van der Waals surface area contributed by atoms with Gasteiger partial charge in [-0.25, -0.2) is 0 Å². The summed E-state index contributed by atoms with van der Waals surface area (Å²) in [5.74, 6) is 1.88. The number of piperidine rings is 1. The quantitative estimate of drug-likeness (QED) is 0.826. The van der Waals surface area contributed by atoms with E-state index in [1.807, 2.05) is 6.07 Å². The first-order valence-electron chi connectivity index (χ1n) is 7.89. The lowest BCUT2D eigenvalue weighted by Gasteiger charge is -2.37. The molecule has 0 atom stereocenters. The van der Waals surface area contributed by atoms with Crippen molar-refractivity contribution in [3.05, 3.63) is 23.3 Å². The number of methoxy groups -OCH3 is 2. The monoisotopic (exact) mass is 291 g/mol. The maximum Gasteiger partial charge on any atom is 0.128 e. The number of likely N-dealkylation sites (tertiary alicyclic amines) is 1. The van der Waals surface area contributed by atoms with Crippen molar-refractivity contribution in [2.45, 2.75) is 40.0 Å². The van der Waals surface area contributed by atoms with Gasteiger partial charge in [-0.15, -0.1) is 0 Å². The highest BCUT2D eigenvalue weighted by Gasteiger charge is 2.25. The molecule has 0 bridgehead atoms. The van der Waals surface area contributed by atoms with Crippen LogP contribution in [0.1, 0.15) is 37.8 Å². The van der Waals surface area contributed by atoms with Crippen LogP contribution in [-0.4, -0.2) is 38.8 Å². The van der Waals surface area contributed by atoms with E-state index >= 15 is 0 Å². The Hall–Kier alpha value is -1.22. The van der Waals surface area contributed by atoms with E-state index < -0.39 is 0 Å². The molecule has 21 heavy (non-hydrogen) atoms. The molecule has 1 aromatic carbocycles. The van der Waals surface area contributed by atoms with Crippen molar-refractivity contribution in [2.75, 3.05) is 33.9 Å². The minimum absolute atomic E-state index is 0.519. The fourth-order valence-electron chi connectivity index (χ4n) is 3.09. The van der Waals surface area contributed by atoms with Gasteiger partial charge in [-0.1, -0.05) is 19.9 Å². The van der Waals surface area contributed by atoms with Gasteiger partial charge in [0.15, 0.2) is 0 Å². The maximum absolute atomic E-state index is 5.59. The molecule has 0 unspecified atom stereocenters. The smallest absolute Gasteiger partial charge is 0.128 e. The van der Waals surface area contributed by atoms with E-state index in [0.717, 1.165) is 30.0 Å². The molecule has 0 aliphatic carbocycles. The van der Waals surface area contributed by atoms with Crippen molar-refractivity contribution in [2.24, 2.45) is 5.41 Å². The molecular weight excluding hydrogens is 262 g/mol. The van der Waals surface area contributed by atoms with Crippen LogP contribution in [0.15, 0.2) is 12.1 Å². The summed E-state index contributed by atoms with van der Waals surface area (Å²) in [7, 11) is 3.45. The Morgan fingerprint density at radius 1 is 1.10 bits per heavy atom. The minimum atomic E-state index is 0.519. The molecule has 1 aliphatic heterocycles. The van der Waals surface area contributed by atoms with Gasteiger partial charge in [0.25, 0.3) is 0 Å². The number of nitrogens with zero attached hydrogens (tertiary/aromatic N) is 1. The van der Waals surface area contributed by atoms with E-state index in [-0.39, 0.29) is 0 Å². The van der Waals surface area contributed by atoms with Crippen LogP contribution in [0, 0.1) is 12.3 Å². The molecule has 1 heterocycles. The number of hydrogen-bond acceptors (Lipinski definition) is 3. The molecule has 0 saturated carbocycles. The Morgan fingerprint density at radius 3 is 2.33 bits per heavy atom. The molecule has 0 spiro atoms. The third-order valence-electron chi connectivity index (χ3n) is 4.77. The summed E-state index contributed by atoms with van der Waals surface area (Å²) in [6.45, 7) is 10.3. The molecule has 1 fully saturated rings. The summed E-state index contributed by atoms with van der Waals surface area (Å²) < 4.78 is 11.0. The van der Waals surface area contributed by atoms with Crippen molar-refractivity contribution in [3.63, 3.8) is 0 Å². The van der Waals surface area contributed by atoms with Crippen molar-refractivity contribution < 1.29 is 9.47 Å². The fourth-order valence-corrected chi connectivity index (χ4v) is 3.09. The van der Waals surface area contributed by atoms with Gasteiger partial charge in [0.1, 0.15) is 11.5 Å². The third-order valence-corrected chi connectivity index (χ3v) is 4.77. The van der Waals surface area contributed by atoms with Crippen LogP contribution in [0.4, 0.5) is 0 Å². The lowest BCUT2D eigenvalue weighted by Crippen LogP contribution is -2.38. The Kier molecular flexibility index (Phi) is 5.15. The summed E-state index contributed by atoms with van der Waals surface area (Å²) in [5.41, 5.74) is 2.89. The average molecular weight is 291 g/mol. The Balaban J connectivity index is 1.99. The summed E-state index contributed by atoms with van der Waals surface area (Å²) >= 11 is 0. The zero-order valence-corrected chi connectivity index (χ0v) is 14.2. The standard InChI is InChI=1S/C18H29NO2/c1-14-16(20-4)7-6-15(17(14)21-5)8-11-19-12-9-18(2,3)10-13-19/h6-7H,8-13H2,1-5H3. The van der Waals surface area contributed by atoms with Crippen molar-refractivity contribution in [1.29, 1.82) is 0 Å². The predicted octanol–water partition coefficient (Wildman–Crippen LogP) is 3.68. The molecule has 2 rings (SSSR count). The van der Waals surface area contributed by atoms with E-state index in [1.54, 1.807) is 14.2 Å². The average Bonchev–Trinajstić information content (AvgIpc) is 2.46. The van der Waals surface area contributed by atoms with Gasteiger partial charge in [0.05, 0.1) is 14.2 Å². The molecule has 1 aliphatic rings. The van der Waals surface area contributed by atoms with Gasteiger partial charge < -0.3 is 14.4 Å². The molecule has 0 N–H and O–H groups in total. The van der Waals surface area contributed by atoms with Gasteiger partial charge in [0.2, 0.25) is 0 Å². The topological polar surface area (TPSA) is 21.7 Å². The molecule has 1 saturated heterocycles. The number of ether oxygens (including phenoxy) is 2. The zero-order chi connectivity index (χ0) is 15.5. The van der Waals surface area contributed by atoms with E-state index in [1.165, 1.54) is 31.5 Å². The molecule has 3 nitrogen and oxygen atoms in total. The van der Waals surface area contributed by atoms with E-state index in [0.29, 0.717) is 5.41 Å². The first kappa shape index (κ1) is 16.2. The number of benzene rings is 1. The molecule has 0 amide bonds. The lowest BCUT2D eigenvalue weighted by atomic mass is 9.82. The van der Waals surface area contributed by atoms with E-state index in [2.05, 4.69) is 31.7 Å². The first-order chi connectivity index (χ1) is 9.96. The van der Waals surface area contributed by atoms with Crippen LogP contribution < -0.4 is 9.47 Å². The Morgan fingerprint density at radius 2 is 1.76 bits per heavy atom.